The molecule has 2 saturated heterocycles. The van der Waals surface area contributed by atoms with E-state index in [9.17, 15) is 9.59 Å². The van der Waals surface area contributed by atoms with Crippen LogP contribution in [0.2, 0.25) is 0 Å². The molecule has 6 nitrogen and oxygen atoms in total. The Bertz CT molecular complexity index is 569. The van der Waals surface area contributed by atoms with Gasteiger partial charge in [0.15, 0.2) is 0 Å². The molecule has 0 aromatic carbocycles. The maximum atomic E-state index is 12.6. The lowest BCUT2D eigenvalue weighted by Gasteiger charge is -2.29. The lowest BCUT2D eigenvalue weighted by molar-refractivity contribution is -0.126. The molecule has 118 valence electrons. The number of carbonyl (C=O) groups excluding carboxylic acids is 2. The molecule has 1 aromatic rings. The minimum atomic E-state index is -0.137. The standard InChI is InChI=1S/C16H22N4O2/c1-19-11-12(10-14(19)21)18-16(22)13-6-5-7-17-15(13)20-8-3-2-4-9-20/h5-7,12H,2-4,8-11H2,1H3,(H,18,22)/t12-/m1/s1. The van der Waals surface area contributed by atoms with Crippen LogP contribution in [0.15, 0.2) is 18.3 Å². The van der Waals surface area contributed by atoms with Crippen LogP contribution in [0.4, 0.5) is 5.82 Å². The van der Waals surface area contributed by atoms with Crippen molar-refractivity contribution < 1.29 is 9.59 Å². The number of hydrogen-bond acceptors (Lipinski definition) is 4. The second-order valence-electron chi connectivity index (χ2n) is 6.07. The number of rotatable bonds is 3. The Morgan fingerprint density at radius 3 is 2.77 bits per heavy atom. The van der Waals surface area contributed by atoms with Crippen molar-refractivity contribution >= 4 is 17.6 Å². The average molecular weight is 302 g/mol. The number of nitrogens with one attached hydrogen (secondary N) is 1. The van der Waals surface area contributed by atoms with E-state index in [4.69, 9.17) is 0 Å². The number of likely N-dealkylation sites (N-methyl/N-ethyl adjacent to an activating group) is 1. The Morgan fingerprint density at radius 1 is 1.32 bits per heavy atom. The van der Waals surface area contributed by atoms with Crippen LogP contribution in [0.3, 0.4) is 0 Å². The number of anilines is 1. The third-order valence-corrected chi connectivity index (χ3v) is 4.36. The van der Waals surface area contributed by atoms with Crippen molar-refractivity contribution in [3.8, 4) is 0 Å². The van der Waals surface area contributed by atoms with E-state index in [1.54, 1.807) is 24.2 Å². The van der Waals surface area contributed by atoms with Gasteiger partial charge in [-0.15, -0.1) is 0 Å². The summed E-state index contributed by atoms with van der Waals surface area (Å²) < 4.78 is 0. The lowest BCUT2D eigenvalue weighted by Crippen LogP contribution is -2.38. The summed E-state index contributed by atoms with van der Waals surface area (Å²) in [5.41, 5.74) is 0.603. The molecular formula is C16H22N4O2. The molecule has 6 heteroatoms. The predicted octanol–water partition coefficient (Wildman–Crippen LogP) is 1.03. The number of hydrogen-bond donors (Lipinski definition) is 1. The number of nitrogens with zero attached hydrogens (tertiary/aromatic N) is 3. The topological polar surface area (TPSA) is 65.5 Å². The number of aromatic nitrogens is 1. The Labute approximate surface area is 130 Å². The first-order valence-electron chi connectivity index (χ1n) is 7.90. The van der Waals surface area contributed by atoms with Crippen LogP contribution in [-0.2, 0) is 4.79 Å². The molecule has 0 spiro atoms. The molecule has 3 heterocycles. The largest absolute Gasteiger partial charge is 0.356 e. The van der Waals surface area contributed by atoms with Gasteiger partial charge in [-0.3, -0.25) is 9.59 Å². The van der Waals surface area contributed by atoms with Gasteiger partial charge in [0.05, 0.1) is 11.6 Å². The van der Waals surface area contributed by atoms with Gasteiger partial charge in [-0.05, 0) is 31.4 Å². The number of amides is 2. The number of pyridine rings is 1. The minimum Gasteiger partial charge on any atom is -0.356 e. The summed E-state index contributed by atoms with van der Waals surface area (Å²) >= 11 is 0. The van der Waals surface area contributed by atoms with Gasteiger partial charge in [0, 0.05) is 39.3 Å². The van der Waals surface area contributed by atoms with Crippen molar-refractivity contribution in [2.24, 2.45) is 0 Å². The van der Waals surface area contributed by atoms with Crippen molar-refractivity contribution in [3.05, 3.63) is 23.9 Å². The molecule has 0 saturated carbocycles. The maximum absolute atomic E-state index is 12.6. The fourth-order valence-electron chi connectivity index (χ4n) is 3.16. The van der Waals surface area contributed by atoms with E-state index in [0.717, 1.165) is 31.7 Å². The quantitative estimate of drug-likeness (QED) is 0.906. The van der Waals surface area contributed by atoms with E-state index in [0.29, 0.717) is 18.5 Å². The first kappa shape index (κ1) is 14.8. The van der Waals surface area contributed by atoms with Crippen LogP contribution in [0, 0.1) is 0 Å². The fraction of sp³-hybridized carbons (Fsp3) is 0.562. The third-order valence-electron chi connectivity index (χ3n) is 4.36. The van der Waals surface area contributed by atoms with Gasteiger partial charge in [-0.25, -0.2) is 4.98 Å². The number of likely N-dealkylation sites (tertiary alicyclic amines) is 1. The minimum absolute atomic E-state index is 0.0766. The Morgan fingerprint density at radius 2 is 2.09 bits per heavy atom. The van der Waals surface area contributed by atoms with E-state index in [1.807, 2.05) is 6.07 Å². The molecule has 1 atom stereocenters. The van der Waals surface area contributed by atoms with Gasteiger partial charge in [-0.1, -0.05) is 0 Å². The van der Waals surface area contributed by atoms with Crippen molar-refractivity contribution in [1.82, 2.24) is 15.2 Å². The molecule has 0 aliphatic carbocycles. The van der Waals surface area contributed by atoms with E-state index in [1.165, 1.54) is 6.42 Å². The molecule has 2 aliphatic heterocycles. The van der Waals surface area contributed by atoms with Crippen LogP contribution >= 0.6 is 0 Å². The first-order valence-corrected chi connectivity index (χ1v) is 7.90. The molecule has 1 aromatic heterocycles. The van der Waals surface area contributed by atoms with E-state index in [-0.39, 0.29) is 17.9 Å². The normalized spacial score (nSPS) is 22.0. The highest BCUT2D eigenvalue weighted by Crippen LogP contribution is 2.22. The molecular weight excluding hydrogens is 280 g/mol. The Balaban J connectivity index is 1.73. The summed E-state index contributed by atoms with van der Waals surface area (Å²) in [4.78, 5) is 32.4. The SMILES string of the molecule is CN1C[C@H](NC(=O)c2cccnc2N2CCCCC2)CC1=O. The van der Waals surface area contributed by atoms with Gasteiger partial charge in [0.2, 0.25) is 5.91 Å². The molecule has 0 radical (unpaired) electrons. The van der Waals surface area contributed by atoms with Gasteiger partial charge < -0.3 is 15.1 Å². The summed E-state index contributed by atoms with van der Waals surface area (Å²) in [7, 11) is 1.76. The molecule has 3 rings (SSSR count). The van der Waals surface area contributed by atoms with Crippen LogP contribution in [0.25, 0.3) is 0 Å². The van der Waals surface area contributed by atoms with Gasteiger partial charge in [0.1, 0.15) is 5.82 Å². The smallest absolute Gasteiger partial charge is 0.255 e. The van der Waals surface area contributed by atoms with Gasteiger partial charge in [0.25, 0.3) is 5.91 Å². The molecule has 2 aliphatic rings. The summed E-state index contributed by atoms with van der Waals surface area (Å²) in [5, 5.41) is 2.97. The molecule has 22 heavy (non-hydrogen) atoms. The molecule has 2 fully saturated rings. The van der Waals surface area contributed by atoms with Crippen molar-refractivity contribution in [2.75, 3.05) is 31.6 Å². The highest BCUT2D eigenvalue weighted by atomic mass is 16.2. The van der Waals surface area contributed by atoms with Crippen LogP contribution in [0.1, 0.15) is 36.0 Å². The maximum Gasteiger partial charge on any atom is 0.255 e. The number of carbonyl (C=O) groups is 2. The molecule has 0 unspecified atom stereocenters. The summed E-state index contributed by atoms with van der Waals surface area (Å²) in [6.45, 7) is 2.47. The highest BCUT2D eigenvalue weighted by Gasteiger charge is 2.29. The lowest BCUT2D eigenvalue weighted by atomic mass is 10.1. The average Bonchev–Trinajstić information content (AvgIpc) is 2.86. The Hall–Kier alpha value is -2.11. The number of piperidine rings is 1. The van der Waals surface area contributed by atoms with Crippen molar-refractivity contribution in [2.45, 2.75) is 31.7 Å². The zero-order valence-corrected chi connectivity index (χ0v) is 12.9. The summed E-state index contributed by atoms with van der Waals surface area (Å²) in [6, 6.07) is 3.49. The Kier molecular flexibility index (Phi) is 4.27. The monoisotopic (exact) mass is 302 g/mol. The highest BCUT2D eigenvalue weighted by molar-refractivity contribution is 5.99. The molecule has 1 N–H and O–H groups in total. The molecule has 2 amide bonds. The predicted molar refractivity (Wildman–Crippen MR) is 83.8 cm³/mol. The van der Waals surface area contributed by atoms with Gasteiger partial charge >= 0.3 is 0 Å². The van der Waals surface area contributed by atoms with E-state index < -0.39 is 0 Å². The molecule has 0 bridgehead atoms. The van der Waals surface area contributed by atoms with Gasteiger partial charge in [-0.2, -0.15) is 0 Å². The van der Waals surface area contributed by atoms with Crippen LogP contribution in [-0.4, -0.2) is 54.4 Å². The van der Waals surface area contributed by atoms with Crippen LogP contribution < -0.4 is 10.2 Å². The first-order chi connectivity index (χ1) is 10.6. The van der Waals surface area contributed by atoms with E-state index >= 15 is 0 Å². The zero-order chi connectivity index (χ0) is 15.5. The second-order valence-corrected chi connectivity index (χ2v) is 6.07. The third kappa shape index (κ3) is 3.05. The summed E-state index contributed by atoms with van der Waals surface area (Å²) in [5.74, 6) is 0.701. The zero-order valence-electron chi connectivity index (χ0n) is 12.9. The van der Waals surface area contributed by atoms with Crippen LogP contribution in [0.5, 0.6) is 0 Å². The van der Waals surface area contributed by atoms with Crippen molar-refractivity contribution in [3.63, 3.8) is 0 Å². The van der Waals surface area contributed by atoms with Crippen molar-refractivity contribution in [1.29, 1.82) is 0 Å². The summed E-state index contributed by atoms with van der Waals surface area (Å²) in [6.07, 6.45) is 5.62. The van der Waals surface area contributed by atoms with E-state index in [2.05, 4.69) is 15.2 Å². The fourth-order valence-corrected chi connectivity index (χ4v) is 3.16. The second kappa shape index (κ2) is 6.34.